The fourth-order valence-electron chi connectivity index (χ4n) is 2.17. The van der Waals surface area contributed by atoms with Crippen LogP contribution in [0.5, 0.6) is 0 Å². The second-order valence-electron chi connectivity index (χ2n) is 5.08. The van der Waals surface area contributed by atoms with E-state index in [0.29, 0.717) is 31.0 Å². The number of aromatic nitrogens is 1. The van der Waals surface area contributed by atoms with E-state index in [1.54, 1.807) is 18.4 Å². The highest BCUT2D eigenvalue weighted by Crippen LogP contribution is 2.16. The van der Waals surface area contributed by atoms with Gasteiger partial charge >= 0.3 is 0 Å². The molecule has 2 N–H and O–H groups in total. The van der Waals surface area contributed by atoms with Gasteiger partial charge in [-0.1, -0.05) is 0 Å². The average Bonchev–Trinajstić information content (AvgIpc) is 2.84. The Hall–Kier alpha value is -2.02. The monoisotopic (exact) mass is 338 g/mol. The van der Waals surface area contributed by atoms with Gasteiger partial charge in [-0.2, -0.15) is 0 Å². The van der Waals surface area contributed by atoms with Crippen molar-refractivity contribution in [3.8, 4) is 0 Å². The zero-order chi connectivity index (χ0) is 16.8. The molecule has 0 saturated carbocycles. The molecule has 0 aliphatic carbocycles. The third-order valence-electron chi connectivity index (χ3n) is 3.33. The molecule has 0 bridgehead atoms. The molecule has 0 aliphatic rings. The normalized spacial score (nSPS) is 11.6. The van der Waals surface area contributed by atoms with Crippen LogP contribution in [-0.2, 0) is 13.0 Å². The fraction of sp³-hybridized carbons (Fsp3) is 0.375. The molecule has 2 aromatic rings. The van der Waals surface area contributed by atoms with Gasteiger partial charge in [-0.15, -0.1) is 11.3 Å². The van der Waals surface area contributed by atoms with Crippen molar-refractivity contribution in [3.05, 3.63) is 51.0 Å². The lowest BCUT2D eigenvalue weighted by molar-refractivity contribution is 0.583. The van der Waals surface area contributed by atoms with Crippen LogP contribution in [0.1, 0.15) is 21.1 Å². The lowest BCUT2D eigenvalue weighted by Crippen LogP contribution is -2.37. The van der Waals surface area contributed by atoms with Gasteiger partial charge in [-0.25, -0.2) is 13.8 Å². The van der Waals surface area contributed by atoms with E-state index in [-0.39, 0.29) is 0 Å². The van der Waals surface area contributed by atoms with Crippen molar-refractivity contribution < 1.29 is 8.78 Å². The number of thiazole rings is 1. The Balaban J connectivity index is 1.83. The molecule has 0 atom stereocenters. The minimum Gasteiger partial charge on any atom is -0.356 e. The predicted octanol–water partition coefficient (Wildman–Crippen LogP) is 2.95. The Labute approximate surface area is 138 Å². The third kappa shape index (κ3) is 4.99. The molecule has 7 heteroatoms. The van der Waals surface area contributed by atoms with E-state index in [1.165, 1.54) is 6.07 Å². The first-order valence-corrected chi connectivity index (χ1v) is 8.12. The summed E-state index contributed by atoms with van der Waals surface area (Å²) in [6, 6.07) is 3.48. The molecule has 4 nitrogen and oxygen atoms in total. The van der Waals surface area contributed by atoms with Gasteiger partial charge in [0, 0.05) is 18.5 Å². The molecule has 0 spiro atoms. The van der Waals surface area contributed by atoms with Crippen LogP contribution in [0.15, 0.2) is 23.2 Å². The van der Waals surface area contributed by atoms with Crippen molar-refractivity contribution in [2.75, 3.05) is 13.6 Å². The number of hydrogen-bond donors (Lipinski definition) is 2. The first-order chi connectivity index (χ1) is 11.0. The van der Waals surface area contributed by atoms with E-state index in [1.807, 2.05) is 13.8 Å². The van der Waals surface area contributed by atoms with Gasteiger partial charge in [-0.05, 0) is 44.0 Å². The van der Waals surface area contributed by atoms with Crippen molar-refractivity contribution in [1.82, 2.24) is 15.6 Å². The number of rotatable bonds is 5. The van der Waals surface area contributed by atoms with Gasteiger partial charge in [-0.3, -0.25) is 4.99 Å². The molecule has 0 aliphatic heterocycles. The Bertz CT molecular complexity index is 697. The number of aryl methyl sites for hydroxylation is 2. The zero-order valence-electron chi connectivity index (χ0n) is 13.4. The second-order valence-corrected chi connectivity index (χ2v) is 6.37. The van der Waals surface area contributed by atoms with Crippen molar-refractivity contribution in [1.29, 1.82) is 0 Å². The minimum atomic E-state index is -0.431. The molecular formula is C16H20F2N4S. The minimum absolute atomic E-state index is 0.349. The van der Waals surface area contributed by atoms with Crippen LogP contribution in [-0.4, -0.2) is 24.5 Å². The van der Waals surface area contributed by atoms with Crippen LogP contribution in [0.25, 0.3) is 0 Å². The predicted molar refractivity (Wildman–Crippen MR) is 89.9 cm³/mol. The SMILES string of the molecule is CN=C(NCCc1cc(F)ccc1F)NCc1sc(C)nc1C. The maximum atomic E-state index is 13.5. The summed E-state index contributed by atoms with van der Waals surface area (Å²) in [5, 5.41) is 7.32. The van der Waals surface area contributed by atoms with Crippen LogP contribution in [0.2, 0.25) is 0 Å². The number of benzene rings is 1. The van der Waals surface area contributed by atoms with E-state index < -0.39 is 11.6 Å². The summed E-state index contributed by atoms with van der Waals surface area (Å²) in [5.74, 6) is -0.209. The highest BCUT2D eigenvalue weighted by molar-refractivity contribution is 7.11. The first kappa shape index (κ1) is 17.3. The molecule has 1 aromatic heterocycles. The van der Waals surface area contributed by atoms with Gasteiger partial charge < -0.3 is 10.6 Å². The molecule has 0 unspecified atom stereocenters. The molecule has 1 aromatic carbocycles. The number of hydrogen-bond acceptors (Lipinski definition) is 3. The Kier molecular flexibility index (Phi) is 6.04. The molecule has 0 saturated heterocycles. The van der Waals surface area contributed by atoms with Crippen molar-refractivity contribution >= 4 is 17.3 Å². The van der Waals surface area contributed by atoms with E-state index in [0.717, 1.165) is 27.7 Å². The summed E-state index contributed by atoms with van der Waals surface area (Å²) in [5.41, 5.74) is 1.36. The molecule has 0 radical (unpaired) electrons. The number of halogens is 2. The second kappa shape index (κ2) is 8.01. The Morgan fingerprint density at radius 3 is 2.70 bits per heavy atom. The quantitative estimate of drug-likeness (QED) is 0.651. The number of nitrogens with one attached hydrogen (secondary N) is 2. The summed E-state index contributed by atoms with van der Waals surface area (Å²) in [6.07, 6.45) is 0.378. The van der Waals surface area contributed by atoms with Gasteiger partial charge in [0.05, 0.1) is 17.2 Å². The van der Waals surface area contributed by atoms with Crippen molar-refractivity contribution in [2.24, 2.45) is 4.99 Å². The van der Waals surface area contributed by atoms with Crippen LogP contribution in [0.3, 0.4) is 0 Å². The smallest absolute Gasteiger partial charge is 0.191 e. The highest BCUT2D eigenvalue weighted by Gasteiger charge is 2.07. The molecule has 1 heterocycles. The molecular weight excluding hydrogens is 318 g/mol. The summed E-state index contributed by atoms with van der Waals surface area (Å²) in [7, 11) is 1.67. The topological polar surface area (TPSA) is 49.3 Å². The summed E-state index contributed by atoms with van der Waals surface area (Å²) < 4.78 is 26.7. The van der Waals surface area contributed by atoms with Crippen LogP contribution in [0, 0.1) is 25.5 Å². The van der Waals surface area contributed by atoms with Crippen molar-refractivity contribution in [3.63, 3.8) is 0 Å². The fourth-order valence-corrected chi connectivity index (χ4v) is 3.05. The standard InChI is InChI=1S/C16H20F2N4S/c1-10-15(23-11(2)22-10)9-21-16(19-3)20-7-6-12-8-13(17)4-5-14(12)18/h4-5,8H,6-7,9H2,1-3H3,(H2,19,20,21). The summed E-state index contributed by atoms with van der Waals surface area (Å²) in [6.45, 7) is 5.04. The Morgan fingerprint density at radius 1 is 1.26 bits per heavy atom. The third-order valence-corrected chi connectivity index (χ3v) is 4.41. The van der Waals surface area contributed by atoms with E-state index in [2.05, 4.69) is 20.6 Å². The molecule has 0 amide bonds. The lowest BCUT2D eigenvalue weighted by Gasteiger charge is -2.11. The summed E-state index contributed by atoms with van der Waals surface area (Å²) in [4.78, 5) is 9.65. The molecule has 124 valence electrons. The van der Waals surface area contributed by atoms with Crippen molar-refractivity contribution in [2.45, 2.75) is 26.8 Å². The number of guanidine groups is 1. The van der Waals surface area contributed by atoms with Gasteiger partial charge in [0.15, 0.2) is 5.96 Å². The Morgan fingerprint density at radius 2 is 2.04 bits per heavy atom. The molecule has 23 heavy (non-hydrogen) atoms. The zero-order valence-corrected chi connectivity index (χ0v) is 14.2. The maximum absolute atomic E-state index is 13.5. The first-order valence-electron chi connectivity index (χ1n) is 7.31. The molecule has 0 fully saturated rings. The molecule has 2 rings (SSSR count). The van der Waals surface area contributed by atoms with Crippen LogP contribution >= 0.6 is 11.3 Å². The summed E-state index contributed by atoms with van der Waals surface area (Å²) >= 11 is 1.64. The maximum Gasteiger partial charge on any atom is 0.191 e. The van der Waals surface area contributed by atoms with Crippen LogP contribution < -0.4 is 10.6 Å². The van der Waals surface area contributed by atoms with E-state index in [9.17, 15) is 8.78 Å². The largest absolute Gasteiger partial charge is 0.356 e. The van der Waals surface area contributed by atoms with Gasteiger partial charge in [0.25, 0.3) is 0 Å². The van der Waals surface area contributed by atoms with E-state index >= 15 is 0 Å². The lowest BCUT2D eigenvalue weighted by atomic mass is 10.1. The number of aliphatic imine (C=N–C) groups is 1. The van der Waals surface area contributed by atoms with Gasteiger partial charge in [0.2, 0.25) is 0 Å². The van der Waals surface area contributed by atoms with Crippen LogP contribution in [0.4, 0.5) is 8.78 Å². The average molecular weight is 338 g/mol. The highest BCUT2D eigenvalue weighted by atomic mass is 32.1. The number of nitrogens with zero attached hydrogens (tertiary/aromatic N) is 2. The van der Waals surface area contributed by atoms with Gasteiger partial charge in [0.1, 0.15) is 11.6 Å². The van der Waals surface area contributed by atoms with E-state index in [4.69, 9.17) is 0 Å².